The van der Waals surface area contributed by atoms with Crippen LogP contribution in [-0.4, -0.2) is 29.5 Å². The summed E-state index contributed by atoms with van der Waals surface area (Å²) in [5, 5.41) is 8.91. The van der Waals surface area contributed by atoms with E-state index in [9.17, 15) is 0 Å². The molecule has 4 rings (SSSR count). The van der Waals surface area contributed by atoms with E-state index in [1.165, 1.54) is 0 Å². The molecule has 0 bridgehead atoms. The van der Waals surface area contributed by atoms with E-state index in [4.69, 9.17) is 9.40 Å². The summed E-state index contributed by atoms with van der Waals surface area (Å²) in [5.74, 6) is 3.68. The van der Waals surface area contributed by atoms with Gasteiger partial charge in [0.05, 0.1) is 6.54 Å². The molecule has 7 nitrogen and oxygen atoms in total. The van der Waals surface area contributed by atoms with Gasteiger partial charge in [0.2, 0.25) is 5.82 Å². The van der Waals surface area contributed by atoms with Gasteiger partial charge in [-0.2, -0.15) is 9.78 Å². The molecule has 0 aliphatic carbocycles. The number of furan rings is 1. The van der Waals surface area contributed by atoms with E-state index >= 15 is 0 Å². The summed E-state index contributed by atoms with van der Waals surface area (Å²) in [6.07, 6.45) is 5.46. The summed E-state index contributed by atoms with van der Waals surface area (Å²) in [6.45, 7) is 4.71. The fraction of sp³-hybridized carbons (Fsp3) is 0.222. The third-order valence-electron chi connectivity index (χ3n) is 3.92. The Hall–Kier alpha value is -3.22. The van der Waals surface area contributed by atoms with Crippen LogP contribution in [0.4, 0.5) is 0 Å². The SMILES string of the molecule is Cc1ccc(-c2nc(C(C)Cn3cccn3)n(-c3ccccn3)n2)o1. The second-order valence-electron chi connectivity index (χ2n) is 5.93. The molecule has 4 heterocycles. The minimum Gasteiger partial charge on any atom is -0.458 e. The number of pyridine rings is 1. The first-order chi connectivity index (χ1) is 12.2. The summed E-state index contributed by atoms with van der Waals surface area (Å²) < 4.78 is 9.35. The molecule has 0 aliphatic rings. The number of nitrogens with zero attached hydrogens (tertiary/aromatic N) is 6. The summed E-state index contributed by atoms with van der Waals surface area (Å²) in [4.78, 5) is 9.14. The van der Waals surface area contributed by atoms with Crippen LogP contribution in [0.2, 0.25) is 0 Å². The van der Waals surface area contributed by atoms with E-state index in [1.54, 1.807) is 17.1 Å². The Morgan fingerprint density at radius 2 is 2.04 bits per heavy atom. The van der Waals surface area contributed by atoms with Crippen LogP contribution >= 0.6 is 0 Å². The Kier molecular flexibility index (Phi) is 3.89. The third kappa shape index (κ3) is 3.08. The van der Waals surface area contributed by atoms with E-state index in [1.807, 2.05) is 54.2 Å². The topological polar surface area (TPSA) is 74.6 Å². The number of rotatable bonds is 5. The van der Waals surface area contributed by atoms with E-state index in [2.05, 4.69) is 22.1 Å². The molecule has 0 radical (unpaired) electrons. The summed E-state index contributed by atoms with van der Waals surface area (Å²) >= 11 is 0. The normalized spacial score (nSPS) is 12.4. The average Bonchev–Trinajstić information content (AvgIpc) is 3.35. The fourth-order valence-electron chi connectivity index (χ4n) is 2.72. The monoisotopic (exact) mass is 334 g/mol. The number of hydrogen-bond donors (Lipinski definition) is 0. The van der Waals surface area contributed by atoms with Gasteiger partial charge >= 0.3 is 0 Å². The highest BCUT2D eigenvalue weighted by Crippen LogP contribution is 2.24. The molecule has 4 aromatic heterocycles. The van der Waals surface area contributed by atoms with Crippen molar-refractivity contribution in [1.29, 1.82) is 0 Å². The van der Waals surface area contributed by atoms with Gasteiger partial charge in [0, 0.05) is 24.5 Å². The lowest BCUT2D eigenvalue weighted by molar-refractivity contribution is 0.514. The maximum atomic E-state index is 5.68. The summed E-state index contributed by atoms with van der Waals surface area (Å²) in [5.41, 5.74) is 0. The van der Waals surface area contributed by atoms with E-state index in [0.29, 0.717) is 18.1 Å². The molecule has 126 valence electrons. The molecule has 0 amide bonds. The fourth-order valence-corrected chi connectivity index (χ4v) is 2.72. The first-order valence-electron chi connectivity index (χ1n) is 8.13. The lowest BCUT2D eigenvalue weighted by Gasteiger charge is -2.12. The van der Waals surface area contributed by atoms with Gasteiger partial charge in [0.15, 0.2) is 11.6 Å². The minimum atomic E-state index is 0.0965. The van der Waals surface area contributed by atoms with Gasteiger partial charge in [-0.3, -0.25) is 4.68 Å². The van der Waals surface area contributed by atoms with Crippen molar-refractivity contribution in [3.8, 4) is 17.4 Å². The van der Waals surface area contributed by atoms with Crippen LogP contribution in [0.15, 0.2) is 59.4 Å². The lowest BCUT2D eigenvalue weighted by atomic mass is 10.1. The van der Waals surface area contributed by atoms with Gasteiger partial charge in [0.25, 0.3) is 0 Å². The van der Waals surface area contributed by atoms with Gasteiger partial charge in [-0.05, 0) is 37.3 Å². The Bertz CT molecular complexity index is 955. The molecule has 0 aliphatic heterocycles. The minimum absolute atomic E-state index is 0.0965. The van der Waals surface area contributed by atoms with Crippen LogP contribution < -0.4 is 0 Å². The molecule has 1 atom stereocenters. The Morgan fingerprint density at radius 3 is 2.72 bits per heavy atom. The molecule has 7 heteroatoms. The largest absolute Gasteiger partial charge is 0.458 e. The molecule has 1 unspecified atom stereocenters. The highest BCUT2D eigenvalue weighted by Gasteiger charge is 2.21. The molecule has 0 saturated heterocycles. The molecular weight excluding hydrogens is 316 g/mol. The van der Waals surface area contributed by atoms with Crippen molar-refractivity contribution in [3.05, 3.63) is 66.6 Å². The van der Waals surface area contributed by atoms with Crippen molar-refractivity contribution in [2.75, 3.05) is 0 Å². The van der Waals surface area contributed by atoms with Crippen molar-refractivity contribution < 1.29 is 4.42 Å². The average molecular weight is 334 g/mol. The van der Waals surface area contributed by atoms with Crippen LogP contribution in [0, 0.1) is 6.92 Å². The van der Waals surface area contributed by atoms with Gasteiger partial charge in [-0.25, -0.2) is 9.97 Å². The van der Waals surface area contributed by atoms with Crippen LogP contribution in [0.5, 0.6) is 0 Å². The van der Waals surface area contributed by atoms with Crippen LogP contribution in [0.3, 0.4) is 0 Å². The summed E-state index contributed by atoms with van der Waals surface area (Å²) in [6, 6.07) is 11.4. The Labute approximate surface area is 145 Å². The van der Waals surface area contributed by atoms with Crippen molar-refractivity contribution in [2.45, 2.75) is 26.3 Å². The van der Waals surface area contributed by atoms with E-state index in [-0.39, 0.29) is 5.92 Å². The highest BCUT2D eigenvalue weighted by atomic mass is 16.3. The van der Waals surface area contributed by atoms with Crippen molar-refractivity contribution in [2.24, 2.45) is 0 Å². The number of aryl methyl sites for hydroxylation is 1. The molecule has 4 aromatic rings. The lowest BCUT2D eigenvalue weighted by Crippen LogP contribution is -2.13. The molecule has 25 heavy (non-hydrogen) atoms. The second kappa shape index (κ2) is 6.35. The predicted molar refractivity (Wildman–Crippen MR) is 92.2 cm³/mol. The standard InChI is InChI=1S/C18H18N6O/c1-13(12-23-11-5-10-20-23)18-21-17(15-8-7-14(2)25-15)22-24(18)16-6-3-4-9-19-16/h3-11,13H,12H2,1-2H3. The van der Waals surface area contributed by atoms with Gasteiger partial charge in [-0.15, -0.1) is 5.10 Å². The number of hydrogen-bond acceptors (Lipinski definition) is 5. The van der Waals surface area contributed by atoms with Gasteiger partial charge < -0.3 is 4.42 Å². The van der Waals surface area contributed by atoms with Crippen molar-refractivity contribution in [3.63, 3.8) is 0 Å². The van der Waals surface area contributed by atoms with Crippen LogP contribution in [0.1, 0.15) is 24.4 Å². The predicted octanol–water partition coefficient (Wildman–Crippen LogP) is 3.23. The Morgan fingerprint density at radius 1 is 1.12 bits per heavy atom. The summed E-state index contributed by atoms with van der Waals surface area (Å²) in [7, 11) is 0. The van der Waals surface area contributed by atoms with Crippen molar-refractivity contribution in [1.82, 2.24) is 29.5 Å². The van der Waals surface area contributed by atoms with Gasteiger partial charge in [-0.1, -0.05) is 13.0 Å². The smallest absolute Gasteiger partial charge is 0.217 e. The first-order valence-corrected chi connectivity index (χ1v) is 8.13. The molecule has 0 saturated carbocycles. The maximum absolute atomic E-state index is 5.68. The van der Waals surface area contributed by atoms with Crippen molar-refractivity contribution >= 4 is 0 Å². The van der Waals surface area contributed by atoms with Crippen LogP contribution in [0.25, 0.3) is 17.4 Å². The number of aromatic nitrogens is 6. The zero-order valence-electron chi connectivity index (χ0n) is 14.1. The molecule has 0 aromatic carbocycles. The maximum Gasteiger partial charge on any atom is 0.217 e. The molecule has 0 spiro atoms. The molecular formula is C18H18N6O. The Balaban J connectivity index is 1.76. The quantitative estimate of drug-likeness (QED) is 0.560. The highest BCUT2D eigenvalue weighted by molar-refractivity contribution is 5.47. The zero-order chi connectivity index (χ0) is 17.2. The third-order valence-corrected chi connectivity index (χ3v) is 3.92. The van der Waals surface area contributed by atoms with E-state index < -0.39 is 0 Å². The van der Waals surface area contributed by atoms with Gasteiger partial charge in [0.1, 0.15) is 11.6 Å². The van der Waals surface area contributed by atoms with Crippen LogP contribution in [-0.2, 0) is 6.54 Å². The van der Waals surface area contributed by atoms with E-state index in [0.717, 1.165) is 17.4 Å². The molecule has 0 fully saturated rings. The zero-order valence-corrected chi connectivity index (χ0v) is 14.1. The first kappa shape index (κ1) is 15.3. The molecule has 0 N–H and O–H groups in total. The second-order valence-corrected chi connectivity index (χ2v) is 5.93.